The molecule has 4 fully saturated rings. The molecule has 6 rings (SSSR count). The standard InChI is InChI=1S/C20H28N2O2.C13H19N.C4H5NO2.C3H6Br2/c1-2-16-6-3-4-7-18(16)17-10-14-21(15-11-17)12-5-13-22-19(23)8-9-20(22)24;1-2-11-5-3-4-6-13(11)12-7-9-14-10-8-12;6-3-1-2-4(7)5-3;4-2-1-3-5/h3-4,6-7,17H,2,5,8-15H2,1H3;3-6,12,14H,2,7-10H2,1H3;1-2H2,(H,5,6,7);1-3H2. The highest BCUT2D eigenvalue weighted by Gasteiger charge is 2.28. The van der Waals surface area contributed by atoms with Gasteiger partial charge in [-0.3, -0.25) is 29.4 Å². The van der Waals surface area contributed by atoms with E-state index in [1.54, 1.807) is 11.1 Å². The van der Waals surface area contributed by atoms with Crippen molar-refractivity contribution in [1.29, 1.82) is 0 Å². The maximum Gasteiger partial charge on any atom is 0.229 e. The molecule has 0 saturated carbocycles. The molecule has 4 saturated heterocycles. The molecule has 4 amide bonds. The second-order valence-corrected chi connectivity index (χ2v) is 14.8. The van der Waals surface area contributed by atoms with Gasteiger partial charge in [-0.15, -0.1) is 0 Å². The van der Waals surface area contributed by atoms with Crippen molar-refractivity contribution in [3.05, 3.63) is 70.8 Å². The largest absolute Gasteiger partial charge is 0.317 e. The highest BCUT2D eigenvalue weighted by molar-refractivity contribution is 9.09. The number of nitrogens with zero attached hydrogens (tertiary/aromatic N) is 2. The Morgan fingerprint density at radius 1 is 0.640 bits per heavy atom. The molecular formula is C40H58Br2N4O4. The minimum Gasteiger partial charge on any atom is -0.317 e. The number of halogens is 2. The molecule has 10 heteroatoms. The molecule has 0 unspecified atom stereocenters. The van der Waals surface area contributed by atoms with Crippen molar-refractivity contribution < 1.29 is 19.2 Å². The number of rotatable bonds is 10. The molecule has 0 spiro atoms. The predicted octanol–water partition coefficient (Wildman–Crippen LogP) is 7.27. The molecule has 0 atom stereocenters. The van der Waals surface area contributed by atoms with Gasteiger partial charge in [-0.1, -0.05) is 94.2 Å². The van der Waals surface area contributed by atoms with Crippen LogP contribution in [0.3, 0.4) is 0 Å². The summed E-state index contributed by atoms with van der Waals surface area (Å²) in [7, 11) is 0. The number of hydrogen-bond donors (Lipinski definition) is 2. The number of amides is 4. The summed E-state index contributed by atoms with van der Waals surface area (Å²) in [5, 5.41) is 7.78. The Balaban J connectivity index is 0.000000217. The summed E-state index contributed by atoms with van der Waals surface area (Å²) < 4.78 is 0. The zero-order valence-corrected chi connectivity index (χ0v) is 33.4. The molecule has 2 aromatic rings. The Morgan fingerprint density at radius 3 is 1.54 bits per heavy atom. The third-order valence-corrected chi connectivity index (χ3v) is 10.9. The van der Waals surface area contributed by atoms with Crippen LogP contribution in [0.1, 0.15) is 112 Å². The van der Waals surface area contributed by atoms with Crippen molar-refractivity contribution in [3.63, 3.8) is 0 Å². The zero-order valence-electron chi connectivity index (χ0n) is 30.2. The second-order valence-electron chi connectivity index (χ2n) is 13.2. The molecular weight excluding hydrogens is 760 g/mol. The van der Waals surface area contributed by atoms with Crippen LogP contribution < -0.4 is 10.6 Å². The molecule has 0 aromatic heterocycles. The Morgan fingerprint density at radius 2 is 1.12 bits per heavy atom. The van der Waals surface area contributed by atoms with Crippen molar-refractivity contribution in [3.8, 4) is 0 Å². The molecule has 0 aliphatic carbocycles. The number of carbonyl (C=O) groups is 4. The van der Waals surface area contributed by atoms with Crippen molar-refractivity contribution >= 4 is 55.5 Å². The van der Waals surface area contributed by atoms with Gasteiger partial charge in [-0.05, 0) is 118 Å². The van der Waals surface area contributed by atoms with Crippen LogP contribution in [0, 0.1) is 0 Å². The molecule has 276 valence electrons. The summed E-state index contributed by atoms with van der Waals surface area (Å²) in [6.07, 6.45) is 11.0. The number of aryl methyl sites for hydroxylation is 2. The quantitative estimate of drug-likeness (QED) is 0.194. The molecule has 2 aromatic carbocycles. The highest BCUT2D eigenvalue weighted by Crippen LogP contribution is 2.31. The maximum atomic E-state index is 11.6. The third kappa shape index (κ3) is 14.3. The van der Waals surface area contributed by atoms with Crippen LogP contribution in [0.4, 0.5) is 0 Å². The number of imide groups is 2. The van der Waals surface area contributed by atoms with Gasteiger partial charge >= 0.3 is 0 Å². The van der Waals surface area contributed by atoms with Gasteiger partial charge in [-0.25, -0.2) is 0 Å². The van der Waals surface area contributed by atoms with Crippen molar-refractivity contribution in [2.24, 2.45) is 0 Å². The number of likely N-dealkylation sites (tertiary alicyclic amines) is 2. The van der Waals surface area contributed by atoms with E-state index in [4.69, 9.17) is 0 Å². The van der Waals surface area contributed by atoms with Crippen molar-refractivity contribution in [2.75, 3.05) is 49.9 Å². The number of carbonyl (C=O) groups excluding carboxylic acids is 4. The second kappa shape index (κ2) is 24.0. The minimum atomic E-state index is -0.148. The molecule has 50 heavy (non-hydrogen) atoms. The summed E-state index contributed by atoms with van der Waals surface area (Å²) in [6, 6.07) is 17.8. The Labute approximate surface area is 317 Å². The van der Waals surface area contributed by atoms with Gasteiger partial charge < -0.3 is 10.2 Å². The number of alkyl halides is 2. The van der Waals surface area contributed by atoms with Crippen LogP contribution >= 0.6 is 31.9 Å². The van der Waals surface area contributed by atoms with E-state index in [0.717, 1.165) is 49.1 Å². The molecule has 0 bridgehead atoms. The van der Waals surface area contributed by atoms with Gasteiger partial charge in [0.15, 0.2) is 0 Å². The van der Waals surface area contributed by atoms with E-state index in [9.17, 15) is 19.2 Å². The lowest BCUT2D eigenvalue weighted by molar-refractivity contribution is -0.138. The fourth-order valence-electron chi connectivity index (χ4n) is 6.99. The van der Waals surface area contributed by atoms with Crippen LogP contribution in [-0.4, -0.2) is 83.4 Å². The van der Waals surface area contributed by atoms with E-state index in [1.807, 2.05) is 0 Å². The molecule has 0 radical (unpaired) electrons. The number of benzene rings is 2. The molecule has 4 aliphatic heterocycles. The van der Waals surface area contributed by atoms with E-state index in [1.165, 1.54) is 67.6 Å². The summed E-state index contributed by atoms with van der Waals surface area (Å²) in [6.45, 7) is 10.7. The van der Waals surface area contributed by atoms with Gasteiger partial charge in [0.2, 0.25) is 23.6 Å². The lowest BCUT2D eigenvalue weighted by Crippen LogP contribution is -2.36. The molecule has 8 nitrogen and oxygen atoms in total. The summed E-state index contributed by atoms with van der Waals surface area (Å²) in [5.41, 5.74) is 6.16. The molecule has 2 N–H and O–H groups in total. The Kier molecular flexibility index (Phi) is 20.1. The lowest BCUT2D eigenvalue weighted by Gasteiger charge is -2.33. The first kappa shape index (κ1) is 42.0. The van der Waals surface area contributed by atoms with Crippen LogP contribution in [0.2, 0.25) is 0 Å². The summed E-state index contributed by atoms with van der Waals surface area (Å²) in [5.74, 6) is 1.20. The maximum absolute atomic E-state index is 11.6. The van der Waals surface area contributed by atoms with Gasteiger partial charge in [0.05, 0.1) is 0 Å². The summed E-state index contributed by atoms with van der Waals surface area (Å²) >= 11 is 6.56. The van der Waals surface area contributed by atoms with Crippen LogP contribution in [0.5, 0.6) is 0 Å². The zero-order chi connectivity index (χ0) is 36.1. The number of hydrogen-bond acceptors (Lipinski definition) is 6. The fraction of sp³-hybridized carbons (Fsp3) is 0.600. The lowest BCUT2D eigenvalue weighted by atomic mass is 9.86. The normalized spacial score (nSPS) is 18.4. The highest BCUT2D eigenvalue weighted by atomic mass is 79.9. The first-order valence-corrected chi connectivity index (χ1v) is 20.9. The van der Waals surface area contributed by atoms with Gasteiger partial charge in [0.25, 0.3) is 0 Å². The fourth-order valence-corrected chi connectivity index (χ4v) is 8.31. The van der Waals surface area contributed by atoms with Crippen LogP contribution in [0.25, 0.3) is 0 Å². The van der Waals surface area contributed by atoms with E-state index >= 15 is 0 Å². The number of nitrogens with one attached hydrogen (secondary N) is 2. The smallest absolute Gasteiger partial charge is 0.229 e. The Bertz CT molecular complexity index is 1310. The van der Waals surface area contributed by atoms with Gasteiger partial charge in [0, 0.05) is 42.9 Å². The van der Waals surface area contributed by atoms with E-state index < -0.39 is 0 Å². The first-order valence-electron chi connectivity index (χ1n) is 18.7. The van der Waals surface area contributed by atoms with Gasteiger partial charge in [-0.2, -0.15) is 0 Å². The van der Waals surface area contributed by atoms with Gasteiger partial charge in [0.1, 0.15) is 0 Å². The SMILES string of the molecule is BrCCCBr.CCc1ccccc1C1CCN(CCCN2C(=O)CCC2=O)CC1.CCc1ccccc1C1CCNCC1.O=C1CCC(=O)N1. The van der Waals surface area contributed by atoms with Crippen molar-refractivity contribution in [2.45, 2.75) is 103 Å². The predicted molar refractivity (Wildman–Crippen MR) is 210 cm³/mol. The van der Waals surface area contributed by atoms with E-state index in [2.05, 4.69) is 110 Å². The third-order valence-electron chi connectivity index (χ3n) is 9.81. The topological polar surface area (TPSA) is 98.8 Å². The monoisotopic (exact) mass is 816 g/mol. The molecule has 4 heterocycles. The van der Waals surface area contributed by atoms with E-state index in [-0.39, 0.29) is 23.6 Å². The average Bonchev–Trinajstić information content (AvgIpc) is 3.70. The average molecular weight is 819 g/mol. The Hall–Kier alpha value is -2.40. The van der Waals surface area contributed by atoms with Crippen LogP contribution in [-0.2, 0) is 32.0 Å². The summed E-state index contributed by atoms with van der Waals surface area (Å²) in [4.78, 5) is 47.4. The first-order chi connectivity index (χ1) is 24.3. The van der Waals surface area contributed by atoms with Crippen molar-refractivity contribution in [1.82, 2.24) is 20.4 Å². The minimum absolute atomic E-state index is 0.00915. The van der Waals surface area contributed by atoms with Crippen LogP contribution in [0.15, 0.2) is 48.5 Å². The van der Waals surface area contributed by atoms with E-state index in [0.29, 0.717) is 38.1 Å². The number of piperidine rings is 2. The molecule has 4 aliphatic rings.